The van der Waals surface area contributed by atoms with Crippen molar-refractivity contribution >= 4 is 5.57 Å². The van der Waals surface area contributed by atoms with E-state index in [0.717, 1.165) is 12.2 Å². The first kappa shape index (κ1) is 8.85. The zero-order valence-corrected chi connectivity index (χ0v) is 7.58. The van der Waals surface area contributed by atoms with Crippen LogP contribution >= 0.6 is 0 Å². The summed E-state index contributed by atoms with van der Waals surface area (Å²) in [5, 5.41) is 0. The fourth-order valence-electron chi connectivity index (χ4n) is 0.977. The molecule has 0 aliphatic carbocycles. The van der Waals surface area contributed by atoms with Crippen LogP contribution in [-0.4, -0.2) is 6.61 Å². The molecule has 0 atom stereocenters. The van der Waals surface area contributed by atoms with Crippen molar-refractivity contribution in [2.24, 2.45) is 0 Å². The van der Waals surface area contributed by atoms with Crippen LogP contribution in [0.4, 0.5) is 0 Å². The summed E-state index contributed by atoms with van der Waals surface area (Å²) >= 11 is 0. The SMILES string of the molecule is CCO/C=C(/C)c1ccccc1. The Labute approximate surface area is 73.7 Å². The Morgan fingerprint density at radius 3 is 2.58 bits per heavy atom. The third kappa shape index (κ3) is 2.42. The van der Waals surface area contributed by atoms with Gasteiger partial charge in [-0.15, -0.1) is 0 Å². The third-order valence-corrected chi connectivity index (χ3v) is 1.66. The van der Waals surface area contributed by atoms with Crippen molar-refractivity contribution in [2.45, 2.75) is 13.8 Å². The standard InChI is InChI=1S/C11H14O/c1-3-12-9-10(2)11-7-5-4-6-8-11/h4-9H,3H2,1-2H3/b10-9-. The van der Waals surface area contributed by atoms with E-state index >= 15 is 0 Å². The largest absolute Gasteiger partial charge is 0.501 e. The van der Waals surface area contributed by atoms with Crippen molar-refractivity contribution in [3.63, 3.8) is 0 Å². The monoisotopic (exact) mass is 162 g/mol. The smallest absolute Gasteiger partial charge is 0.0863 e. The van der Waals surface area contributed by atoms with Gasteiger partial charge >= 0.3 is 0 Å². The van der Waals surface area contributed by atoms with Crippen LogP contribution < -0.4 is 0 Å². The second-order valence-corrected chi connectivity index (χ2v) is 2.62. The number of ether oxygens (including phenoxy) is 1. The molecule has 0 saturated carbocycles. The van der Waals surface area contributed by atoms with E-state index in [1.54, 1.807) is 6.26 Å². The van der Waals surface area contributed by atoms with Crippen molar-refractivity contribution in [1.29, 1.82) is 0 Å². The molecule has 0 unspecified atom stereocenters. The molecule has 0 aromatic heterocycles. The van der Waals surface area contributed by atoms with Crippen LogP contribution in [-0.2, 0) is 4.74 Å². The van der Waals surface area contributed by atoms with Gasteiger partial charge in [-0.05, 0) is 25.0 Å². The summed E-state index contributed by atoms with van der Waals surface area (Å²) in [5.74, 6) is 0. The van der Waals surface area contributed by atoms with Gasteiger partial charge in [-0.2, -0.15) is 0 Å². The average Bonchev–Trinajstić information content (AvgIpc) is 2.15. The van der Waals surface area contributed by atoms with E-state index in [4.69, 9.17) is 4.74 Å². The second kappa shape index (κ2) is 4.60. The van der Waals surface area contributed by atoms with Gasteiger partial charge in [-0.3, -0.25) is 0 Å². The van der Waals surface area contributed by atoms with E-state index < -0.39 is 0 Å². The molecule has 0 fully saturated rings. The van der Waals surface area contributed by atoms with E-state index in [1.807, 2.05) is 32.0 Å². The minimum Gasteiger partial charge on any atom is -0.501 e. The van der Waals surface area contributed by atoms with E-state index in [2.05, 4.69) is 12.1 Å². The minimum atomic E-state index is 0.726. The lowest BCUT2D eigenvalue weighted by Gasteiger charge is -2.00. The molecule has 0 radical (unpaired) electrons. The molecular weight excluding hydrogens is 148 g/mol. The van der Waals surface area contributed by atoms with Gasteiger partial charge in [0.1, 0.15) is 0 Å². The van der Waals surface area contributed by atoms with Crippen LogP contribution in [0.15, 0.2) is 36.6 Å². The first-order valence-electron chi connectivity index (χ1n) is 4.18. The number of hydrogen-bond donors (Lipinski definition) is 0. The Morgan fingerprint density at radius 1 is 1.33 bits per heavy atom. The van der Waals surface area contributed by atoms with Gasteiger partial charge in [-0.25, -0.2) is 0 Å². The van der Waals surface area contributed by atoms with Crippen molar-refractivity contribution in [2.75, 3.05) is 6.61 Å². The van der Waals surface area contributed by atoms with Gasteiger partial charge in [0.05, 0.1) is 12.9 Å². The van der Waals surface area contributed by atoms with Gasteiger partial charge < -0.3 is 4.74 Å². The molecule has 0 heterocycles. The van der Waals surface area contributed by atoms with Gasteiger partial charge in [0.25, 0.3) is 0 Å². The lowest BCUT2D eigenvalue weighted by Crippen LogP contribution is -1.82. The van der Waals surface area contributed by atoms with E-state index in [9.17, 15) is 0 Å². The predicted molar refractivity (Wildman–Crippen MR) is 51.7 cm³/mol. The predicted octanol–water partition coefficient (Wildman–Crippen LogP) is 3.08. The van der Waals surface area contributed by atoms with Crippen molar-refractivity contribution in [1.82, 2.24) is 0 Å². The maximum absolute atomic E-state index is 5.19. The molecule has 1 aromatic carbocycles. The number of hydrogen-bond acceptors (Lipinski definition) is 1. The summed E-state index contributed by atoms with van der Waals surface area (Å²) in [6, 6.07) is 10.2. The first-order valence-corrected chi connectivity index (χ1v) is 4.18. The molecule has 0 aliphatic heterocycles. The average molecular weight is 162 g/mol. The summed E-state index contributed by atoms with van der Waals surface area (Å²) in [6.45, 7) is 4.75. The van der Waals surface area contributed by atoms with E-state index in [1.165, 1.54) is 5.56 Å². The maximum atomic E-state index is 5.19. The lowest BCUT2D eigenvalue weighted by atomic mass is 10.1. The second-order valence-electron chi connectivity index (χ2n) is 2.62. The summed E-state index contributed by atoms with van der Waals surface area (Å²) in [7, 11) is 0. The fraction of sp³-hybridized carbons (Fsp3) is 0.273. The van der Waals surface area contributed by atoms with Gasteiger partial charge in [0.15, 0.2) is 0 Å². The Kier molecular flexibility index (Phi) is 3.39. The molecule has 1 heteroatoms. The molecule has 0 N–H and O–H groups in total. The van der Waals surface area contributed by atoms with Crippen LogP contribution in [0.3, 0.4) is 0 Å². The molecule has 0 amide bonds. The molecular formula is C11H14O. The molecule has 0 aliphatic rings. The maximum Gasteiger partial charge on any atom is 0.0863 e. The summed E-state index contributed by atoms with van der Waals surface area (Å²) in [5.41, 5.74) is 2.38. The van der Waals surface area contributed by atoms with Gasteiger partial charge in [0.2, 0.25) is 0 Å². The first-order chi connectivity index (χ1) is 5.84. The van der Waals surface area contributed by atoms with Crippen LogP contribution in [0.2, 0.25) is 0 Å². The zero-order valence-electron chi connectivity index (χ0n) is 7.58. The Hall–Kier alpha value is -1.24. The summed E-state index contributed by atoms with van der Waals surface area (Å²) in [4.78, 5) is 0. The number of allylic oxidation sites excluding steroid dienone is 1. The minimum absolute atomic E-state index is 0.726. The van der Waals surface area contributed by atoms with Gasteiger partial charge in [-0.1, -0.05) is 30.3 Å². The Morgan fingerprint density at radius 2 is 2.00 bits per heavy atom. The Balaban J connectivity index is 2.71. The topological polar surface area (TPSA) is 9.23 Å². The normalized spacial score (nSPS) is 11.3. The zero-order chi connectivity index (χ0) is 8.81. The Bertz CT molecular complexity index is 249. The molecule has 12 heavy (non-hydrogen) atoms. The highest BCUT2D eigenvalue weighted by molar-refractivity contribution is 5.62. The highest BCUT2D eigenvalue weighted by atomic mass is 16.5. The summed E-state index contributed by atoms with van der Waals surface area (Å²) < 4.78 is 5.19. The molecule has 64 valence electrons. The number of benzene rings is 1. The van der Waals surface area contributed by atoms with Crippen LogP contribution in [0.1, 0.15) is 19.4 Å². The lowest BCUT2D eigenvalue weighted by molar-refractivity contribution is 0.270. The van der Waals surface area contributed by atoms with Crippen LogP contribution in [0.5, 0.6) is 0 Å². The van der Waals surface area contributed by atoms with Crippen molar-refractivity contribution in [3.05, 3.63) is 42.2 Å². The number of rotatable bonds is 3. The van der Waals surface area contributed by atoms with Gasteiger partial charge in [0, 0.05) is 0 Å². The molecule has 1 nitrogen and oxygen atoms in total. The van der Waals surface area contributed by atoms with Crippen molar-refractivity contribution < 1.29 is 4.74 Å². The molecule has 0 spiro atoms. The highest BCUT2D eigenvalue weighted by Crippen LogP contribution is 2.12. The van der Waals surface area contributed by atoms with E-state index in [-0.39, 0.29) is 0 Å². The molecule has 1 rings (SSSR count). The molecule has 0 saturated heterocycles. The van der Waals surface area contributed by atoms with Crippen LogP contribution in [0.25, 0.3) is 5.57 Å². The highest BCUT2D eigenvalue weighted by Gasteiger charge is 1.92. The molecule has 1 aromatic rings. The quantitative estimate of drug-likeness (QED) is 0.620. The van der Waals surface area contributed by atoms with Crippen LogP contribution in [0, 0.1) is 0 Å². The molecule has 0 bridgehead atoms. The summed E-state index contributed by atoms with van der Waals surface area (Å²) in [6.07, 6.45) is 1.80. The third-order valence-electron chi connectivity index (χ3n) is 1.66. The fourth-order valence-corrected chi connectivity index (χ4v) is 0.977. The van der Waals surface area contributed by atoms with Crippen molar-refractivity contribution in [3.8, 4) is 0 Å². The van der Waals surface area contributed by atoms with E-state index in [0.29, 0.717) is 0 Å².